The zero-order valence-electron chi connectivity index (χ0n) is 13.5. The van der Waals surface area contributed by atoms with Crippen LogP contribution in [-0.2, 0) is 4.79 Å². The van der Waals surface area contributed by atoms with Crippen LogP contribution in [-0.4, -0.2) is 46.9 Å². The number of hydrogen-bond acceptors (Lipinski definition) is 3. The normalized spacial score (nSPS) is 11.6. The molecule has 1 heterocycles. The second-order valence-electron chi connectivity index (χ2n) is 5.31. The number of H-pyrrole nitrogens is 1. The monoisotopic (exact) mass is 315 g/mol. The molecule has 7 heteroatoms. The van der Waals surface area contributed by atoms with Crippen LogP contribution in [0.5, 0.6) is 0 Å². The van der Waals surface area contributed by atoms with Crippen LogP contribution in [0, 0.1) is 0 Å². The van der Waals surface area contributed by atoms with Crippen molar-refractivity contribution in [1.29, 1.82) is 0 Å². The summed E-state index contributed by atoms with van der Waals surface area (Å²) >= 11 is 0. The van der Waals surface area contributed by atoms with E-state index in [0.717, 1.165) is 11.3 Å². The summed E-state index contributed by atoms with van der Waals surface area (Å²) < 4.78 is 0. The molecular weight excluding hydrogens is 294 g/mol. The molecule has 0 bridgehead atoms. The van der Waals surface area contributed by atoms with Crippen LogP contribution < -0.4 is 10.6 Å². The van der Waals surface area contributed by atoms with Crippen molar-refractivity contribution in [2.75, 3.05) is 19.4 Å². The first-order valence-corrected chi connectivity index (χ1v) is 7.34. The average Bonchev–Trinajstić information content (AvgIpc) is 3.08. The molecule has 3 N–H and O–H groups in total. The Balaban J connectivity index is 2.02. The van der Waals surface area contributed by atoms with E-state index in [0.29, 0.717) is 5.69 Å². The molecule has 0 radical (unpaired) electrons. The lowest BCUT2D eigenvalue weighted by molar-refractivity contribution is -0.121. The lowest BCUT2D eigenvalue weighted by Gasteiger charge is -2.24. The Hall–Kier alpha value is -2.83. The predicted molar refractivity (Wildman–Crippen MR) is 89.0 cm³/mol. The fraction of sp³-hybridized carbons (Fsp3) is 0.312. The van der Waals surface area contributed by atoms with Crippen LogP contribution in [0.1, 0.15) is 13.3 Å². The first kappa shape index (κ1) is 16.5. The molecule has 23 heavy (non-hydrogen) atoms. The van der Waals surface area contributed by atoms with Crippen molar-refractivity contribution in [3.05, 3.63) is 36.8 Å². The zero-order chi connectivity index (χ0) is 16.8. The zero-order valence-corrected chi connectivity index (χ0v) is 13.5. The predicted octanol–water partition coefficient (Wildman–Crippen LogP) is 2.06. The summed E-state index contributed by atoms with van der Waals surface area (Å²) in [6.45, 7) is 1.83. The molecule has 3 amide bonds. The molecule has 0 aliphatic rings. The molecule has 2 rings (SSSR count). The molecule has 1 aromatic heterocycles. The second kappa shape index (κ2) is 7.44. The van der Waals surface area contributed by atoms with Crippen LogP contribution in [0.2, 0.25) is 0 Å². The number of urea groups is 1. The maximum absolute atomic E-state index is 12.3. The van der Waals surface area contributed by atoms with Crippen molar-refractivity contribution in [3.63, 3.8) is 0 Å². The average molecular weight is 315 g/mol. The molecule has 0 saturated carbocycles. The summed E-state index contributed by atoms with van der Waals surface area (Å²) in [5, 5.41) is 5.39. The number of amides is 3. The van der Waals surface area contributed by atoms with Gasteiger partial charge in [-0.25, -0.2) is 9.78 Å². The number of carbonyl (C=O) groups excluding carboxylic acids is 2. The molecular formula is C16H21N5O2. The van der Waals surface area contributed by atoms with Gasteiger partial charge in [-0.05, 0) is 19.1 Å². The Morgan fingerprint density at radius 3 is 2.83 bits per heavy atom. The third-order valence-electron chi connectivity index (χ3n) is 3.66. The lowest BCUT2D eigenvalue weighted by atomic mass is 10.1. The van der Waals surface area contributed by atoms with Crippen LogP contribution in [0.3, 0.4) is 0 Å². The van der Waals surface area contributed by atoms with Gasteiger partial charge in [-0.1, -0.05) is 12.1 Å². The van der Waals surface area contributed by atoms with Crippen LogP contribution in [0.15, 0.2) is 36.8 Å². The highest BCUT2D eigenvalue weighted by Gasteiger charge is 2.18. The van der Waals surface area contributed by atoms with Gasteiger partial charge in [-0.3, -0.25) is 4.79 Å². The first-order chi connectivity index (χ1) is 11.0. The molecule has 2 aromatic rings. The fourth-order valence-electron chi connectivity index (χ4n) is 2.10. The highest BCUT2D eigenvalue weighted by molar-refractivity contribution is 5.90. The summed E-state index contributed by atoms with van der Waals surface area (Å²) in [6, 6.07) is 7.01. The Labute approximate surface area is 135 Å². The number of imidazole rings is 1. The molecule has 0 aliphatic heterocycles. The summed E-state index contributed by atoms with van der Waals surface area (Å²) in [4.78, 5) is 32.2. The van der Waals surface area contributed by atoms with E-state index in [4.69, 9.17) is 0 Å². The van der Waals surface area contributed by atoms with Crippen LogP contribution >= 0.6 is 0 Å². The molecule has 0 spiro atoms. The standard InChI is InChI=1S/C16H21N5O2/c1-11(7-15(22)17-2)21(3)16(23)20-13-6-4-5-12(8-13)14-9-18-10-19-14/h4-6,8-11H,7H2,1-3H3,(H,17,22)(H,18,19)(H,20,23)/t11-/m1/s1. The summed E-state index contributed by atoms with van der Waals surface area (Å²) in [5.41, 5.74) is 2.49. The van der Waals surface area contributed by atoms with E-state index in [1.807, 2.05) is 31.2 Å². The Kier molecular flexibility index (Phi) is 5.35. The van der Waals surface area contributed by atoms with Gasteiger partial charge in [0.2, 0.25) is 5.91 Å². The van der Waals surface area contributed by atoms with Crippen molar-refractivity contribution in [2.24, 2.45) is 0 Å². The van der Waals surface area contributed by atoms with Crippen molar-refractivity contribution in [3.8, 4) is 11.3 Å². The number of nitrogens with one attached hydrogen (secondary N) is 3. The number of aromatic amines is 1. The molecule has 1 aromatic carbocycles. The van der Waals surface area contributed by atoms with E-state index in [1.165, 1.54) is 4.90 Å². The number of nitrogens with zero attached hydrogens (tertiary/aromatic N) is 2. The first-order valence-electron chi connectivity index (χ1n) is 7.34. The van der Waals surface area contributed by atoms with Gasteiger partial charge in [-0.2, -0.15) is 0 Å². The van der Waals surface area contributed by atoms with Crippen molar-refractivity contribution in [1.82, 2.24) is 20.2 Å². The molecule has 0 saturated heterocycles. The smallest absolute Gasteiger partial charge is 0.321 e. The van der Waals surface area contributed by atoms with Gasteiger partial charge >= 0.3 is 6.03 Å². The van der Waals surface area contributed by atoms with Gasteiger partial charge in [-0.15, -0.1) is 0 Å². The highest BCUT2D eigenvalue weighted by Crippen LogP contribution is 2.20. The van der Waals surface area contributed by atoms with Crippen molar-refractivity contribution >= 4 is 17.6 Å². The van der Waals surface area contributed by atoms with Gasteiger partial charge in [0.15, 0.2) is 0 Å². The van der Waals surface area contributed by atoms with E-state index in [1.54, 1.807) is 26.6 Å². The van der Waals surface area contributed by atoms with Crippen molar-refractivity contribution in [2.45, 2.75) is 19.4 Å². The van der Waals surface area contributed by atoms with Gasteiger partial charge in [0.1, 0.15) is 0 Å². The number of anilines is 1. The third kappa shape index (κ3) is 4.32. The number of hydrogen-bond donors (Lipinski definition) is 3. The van der Waals surface area contributed by atoms with Crippen molar-refractivity contribution < 1.29 is 9.59 Å². The summed E-state index contributed by atoms with van der Waals surface area (Å²) in [7, 11) is 3.25. The molecule has 7 nitrogen and oxygen atoms in total. The Morgan fingerprint density at radius 1 is 1.39 bits per heavy atom. The Bertz CT molecular complexity index is 669. The second-order valence-corrected chi connectivity index (χ2v) is 5.31. The summed E-state index contributed by atoms with van der Waals surface area (Å²) in [5.74, 6) is -0.0987. The van der Waals surface area contributed by atoms with Crippen LogP contribution in [0.4, 0.5) is 10.5 Å². The quantitative estimate of drug-likeness (QED) is 0.789. The minimum absolute atomic E-state index is 0.0987. The van der Waals surface area contributed by atoms with E-state index in [9.17, 15) is 9.59 Å². The number of rotatable bonds is 5. The Morgan fingerprint density at radius 2 is 2.17 bits per heavy atom. The fourth-order valence-corrected chi connectivity index (χ4v) is 2.10. The minimum Gasteiger partial charge on any atom is -0.359 e. The van der Waals surface area contributed by atoms with Gasteiger partial charge in [0.25, 0.3) is 0 Å². The van der Waals surface area contributed by atoms with E-state index < -0.39 is 0 Å². The molecule has 122 valence electrons. The molecule has 0 aliphatic carbocycles. The van der Waals surface area contributed by atoms with Gasteiger partial charge < -0.3 is 20.5 Å². The maximum Gasteiger partial charge on any atom is 0.321 e. The number of carbonyl (C=O) groups is 2. The minimum atomic E-state index is -0.261. The van der Waals surface area contributed by atoms with Gasteiger partial charge in [0, 0.05) is 37.8 Å². The lowest BCUT2D eigenvalue weighted by Crippen LogP contribution is -2.40. The topological polar surface area (TPSA) is 90.1 Å². The largest absolute Gasteiger partial charge is 0.359 e. The van der Waals surface area contributed by atoms with Gasteiger partial charge in [0.05, 0.1) is 18.2 Å². The molecule has 0 fully saturated rings. The van der Waals surface area contributed by atoms with E-state index in [2.05, 4.69) is 20.6 Å². The number of benzene rings is 1. The molecule has 1 atom stereocenters. The number of aromatic nitrogens is 2. The van der Waals surface area contributed by atoms with Crippen LogP contribution in [0.25, 0.3) is 11.3 Å². The van der Waals surface area contributed by atoms with E-state index >= 15 is 0 Å². The summed E-state index contributed by atoms with van der Waals surface area (Å²) in [6.07, 6.45) is 3.59. The highest BCUT2D eigenvalue weighted by atomic mass is 16.2. The third-order valence-corrected chi connectivity index (χ3v) is 3.66. The maximum atomic E-state index is 12.3. The SMILES string of the molecule is CNC(=O)C[C@@H](C)N(C)C(=O)Nc1cccc(-c2cnc[nH]2)c1. The van der Waals surface area contributed by atoms with E-state index in [-0.39, 0.29) is 24.4 Å². The molecule has 0 unspecified atom stereocenters.